The Morgan fingerprint density at radius 1 is 1.08 bits per heavy atom. The maximum atomic E-state index is 12.6. The number of pyridine rings is 3. The van der Waals surface area contributed by atoms with Crippen molar-refractivity contribution in [2.24, 2.45) is 0 Å². The maximum Gasteiger partial charge on any atom is 0.226 e. The van der Waals surface area contributed by atoms with Crippen LogP contribution in [0.4, 0.5) is 5.82 Å². The number of amides is 1. The minimum absolute atomic E-state index is 0.0956. The molecule has 2 fully saturated rings. The molecule has 0 saturated carbocycles. The van der Waals surface area contributed by atoms with Gasteiger partial charge in [-0.2, -0.15) is 0 Å². The number of fused-ring (bicyclic) bond motifs is 1. The van der Waals surface area contributed by atoms with Crippen LogP contribution < -0.4 is 10.2 Å². The van der Waals surface area contributed by atoms with E-state index in [1.165, 1.54) is 10.6 Å². The molecule has 0 bridgehead atoms. The van der Waals surface area contributed by atoms with Gasteiger partial charge in [-0.1, -0.05) is 6.07 Å². The highest BCUT2D eigenvalue weighted by atomic mass is 32.2. The Morgan fingerprint density at radius 2 is 1.84 bits per heavy atom. The van der Waals surface area contributed by atoms with Gasteiger partial charge in [0.2, 0.25) is 15.9 Å². The van der Waals surface area contributed by atoms with Crippen LogP contribution in [-0.2, 0) is 26.0 Å². The Kier molecular flexibility index (Phi) is 7.11. The minimum atomic E-state index is -3.25. The number of nitrogens with zero attached hydrogens (tertiary/aromatic N) is 5. The van der Waals surface area contributed by atoms with Gasteiger partial charge < -0.3 is 15.0 Å². The molecule has 5 rings (SSSR count). The molecule has 3 aromatic rings. The fraction of sp³-hybridized carbons (Fsp3) is 0.462. The van der Waals surface area contributed by atoms with Crippen molar-refractivity contribution in [3.05, 3.63) is 48.3 Å². The van der Waals surface area contributed by atoms with Crippen LogP contribution in [0.3, 0.4) is 0 Å². The number of aromatic nitrogens is 3. The summed E-state index contributed by atoms with van der Waals surface area (Å²) in [7, 11) is -3.25. The second-order valence-electron chi connectivity index (χ2n) is 9.96. The molecule has 11 heteroatoms. The molecule has 37 heavy (non-hydrogen) atoms. The average Bonchev–Trinajstić information content (AvgIpc) is 3.32. The van der Waals surface area contributed by atoms with E-state index in [0.29, 0.717) is 25.2 Å². The van der Waals surface area contributed by atoms with Crippen molar-refractivity contribution < 1.29 is 17.9 Å². The molecule has 3 aromatic heterocycles. The molecule has 3 atom stereocenters. The topological polar surface area (TPSA) is 118 Å². The third-order valence-corrected chi connectivity index (χ3v) is 7.97. The van der Waals surface area contributed by atoms with Gasteiger partial charge in [-0.3, -0.25) is 9.78 Å². The SMILES string of the molecule is C[C@@H]1CN(c2cccc(-c3ccc4cnc(CC(=O)NC5CCN(S(C)(=O)=O)C5)cc4n3)n2)C[C@H](C)O1. The Hall–Kier alpha value is -3.15. The highest BCUT2D eigenvalue weighted by Gasteiger charge is 2.29. The summed E-state index contributed by atoms with van der Waals surface area (Å²) in [6.07, 6.45) is 3.89. The summed E-state index contributed by atoms with van der Waals surface area (Å²) in [6.45, 7) is 6.44. The van der Waals surface area contributed by atoms with Crippen molar-refractivity contribution in [3.8, 4) is 11.4 Å². The van der Waals surface area contributed by atoms with Gasteiger partial charge in [-0.15, -0.1) is 0 Å². The van der Waals surface area contributed by atoms with E-state index in [-0.39, 0.29) is 30.6 Å². The molecule has 10 nitrogen and oxygen atoms in total. The molecule has 1 amide bonds. The molecule has 1 N–H and O–H groups in total. The molecular formula is C26H32N6O4S. The molecule has 2 aliphatic heterocycles. The monoisotopic (exact) mass is 524 g/mol. The number of sulfonamides is 1. The number of carbonyl (C=O) groups is 1. The van der Waals surface area contributed by atoms with Crippen LogP contribution in [0.1, 0.15) is 26.0 Å². The van der Waals surface area contributed by atoms with E-state index >= 15 is 0 Å². The van der Waals surface area contributed by atoms with Gasteiger partial charge in [0.1, 0.15) is 5.82 Å². The zero-order chi connectivity index (χ0) is 26.2. The predicted octanol–water partition coefficient (Wildman–Crippen LogP) is 2.00. The fourth-order valence-electron chi connectivity index (χ4n) is 4.99. The first-order valence-corrected chi connectivity index (χ1v) is 14.4. The van der Waals surface area contributed by atoms with E-state index in [4.69, 9.17) is 14.7 Å². The number of morpholine rings is 1. The first-order valence-electron chi connectivity index (χ1n) is 12.5. The second-order valence-corrected chi connectivity index (χ2v) is 11.9. The van der Waals surface area contributed by atoms with Crippen molar-refractivity contribution in [2.75, 3.05) is 37.3 Å². The summed E-state index contributed by atoms with van der Waals surface area (Å²) in [5.41, 5.74) is 2.86. The summed E-state index contributed by atoms with van der Waals surface area (Å²) in [5, 5.41) is 3.80. The van der Waals surface area contributed by atoms with Crippen LogP contribution in [0.25, 0.3) is 22.3 Å². The normalized spacial score (nSPS) is 22.9. The Morgan fingerprint density at radius 3 is 2.57 bits per heavy atom. The molecule has 0 spiro atoms. The molecule has 196 valence electrons. The van der Waals surface area contributed by atoms with E-state index in [9.17, 15) is 13.2 Å². The minimum Gasteiger partial charge on any atom is -0.372 e. The van der Waals surface area contributed by atoms with Crippen LogP contribution in [-0.4, -0.2) is 84.3 Å². The molecule has 2 saturated heterocycles. The van der Waals surface area contributed by atoms with Crippen LogP contribution in [0.2, 0.25) is 0 Å². The van der Waals surface area contributed by atoms with Crippen LogP contribution >= 0.6 is 0 Å². The van der Waals surface area contributed by atoms with E-state index in [1.54, 1.807) is 6.20 Å². The summed E-state index contributed by atoms with van der Waals surface area (Å²) < 4.78 is 30.7. The van der Waals surface area contributed by atoms with Gasteiger partial charge in [0.15, 0.2) is 0 Å². The van der Waals surface area contributed by atoms with E-state index in [1.807, 2.05) is 36.4 Å². The number of ether oxygens (including phenoxy) is 1. The van der Waals surface area contributed by atoms with Gasteiger partial charge in [-0.25, -0.2) is 22.7 Å². The largest absolute Gasteiger partial charge is 0.372 e. The maximum absolute atomic E-state index is 12.6. The van der Waals surface area contributed by atoms with E-state index < -0.39 is 10.0 Å². The van der Waals surface area contributed by atoms with Crippen molar-refractivity contribution in [1.82, 2.24) is 24.6 Å². The lowest BCUT2D eigenvalue weighted by Gasteiger charge is -2.36. The standard InChI is InChI=1S/C26H32N6O4S/c1-17-14-31(15-18(2)36-17)25-6-4-5-22(30-25)23-8-7-19-13-27-21(11-24(19)29-23)12-26(33)28-20-9-10-32(16-20)37(3,34)35/h4-8,11,13,17-18,20H,9-10,12,14-16H2,1-3H3,(H,28,33)/t17-,18+,20?. The number of anilines is 1. The van der Waals surface area contributed by atoms with Gasteiger partial charge in [0.05, 0.1) is 47.5 Å². The number of hydrogen-bond donors (Lipinski definition) is 1. The predicted molar refractivity (Wildman–Crippen MR) is 142 cm³/mol. The van der Waals surface area contributed by atoms with E-state index in [2.05, 4.69) is 29.0 Å². The zero-order valence-electron chi connectivity index (χ0n) is 21.3. The first kappa shape index (κ1) is 25.5. The quantitative estimate of drug-likeness (QED) is 0.520. The average molecular weight is 525 g/mol. The number of nitrogens with one attached hydrogen (secondary N) is 1. The first-order chi connectivity index (χ1) is 17.6. The molecule has 1 unspecified atom stereocenters. The Balaban J connectivity index is 1.30. The lowest BCUT2D eigenvalue weighted by molar-refractivity contribution is -0.121. The van der Waals surface area contributed by atoms with Gasteiger partial charge in [0.25, 0.3) is 0 Å². The molecule has 0 radical (unpaired) electrons. The second kappa shape index (κ2) is 10.3. The summed E-state index contributed by atoms with van der Waals surface area (Å²) in [4.78, 5) is 29.0. The molecular weight excluding hydrogens is 492 g/mol. The number of hydrogen-bond acceptors (Lipinski definition) is 8. The van der Waals surface area contributed by atoms with Crippen LogP contribution in [0.15, 0.2) is 42.6 Å². The molecule has 2 aliphatic rings. The van der Waals surface area contributed by atoms with Crippen LogP contribution in [0.5, 0.6) is 0 Å². The van der Waals surface area contributed by atoms with E-state index in [0.717, 1.165) is 41.2 Å². The lowest BCUT2D eigenvalue weighted by atomic mass is 10.1. The lowest BCUT2D eigenvalue weighted by Crippen LogP contribution is -2.45. The molecule has 0 aliphatic carbocycles. The van der Waals surface area contributed by atoms with Crippen molar-refractivity contribution in [1.29, 1.82) is 0 Å². The van der Waals surface area contributed by atoms with Gasteiger partial charge >= 0.3 is 0 Å². The van der Waals surface area contributed by atoms with Crippen molar-refractivity contribution in [3.63, 3.8) is 0 Å². The van der Waals surface area contributed by atoms with Crippen LogP contribution in [0, 0.1) is 0 Å². The molecule has 5 heterocycles. The molecule has 0 aromatic carbocycles. The zero-order valence-corrected chi connectivity index (χ0v) is 22.1. The Labute approximate surface area is 217 Å². The van der Waals surface area contributed by atoms with Crippen molar-refractivity contribution in [2.45, 2.75) is 44.9 Å². The highest BCUT2D eigenvalue weighted by molar-refractivity contribution is 7.88. The van der Waals surface area contributed by atoms with Crippen molar-refractivity contribution >= 4 is 32.7 Å². The Bertz CT molecular complexity index is 1410. The summed E-state index contributed by atoms with van der Waals surface area (Å²) in [6, 6.07) is 11.5. The summed E-state index contributed by atoms with van der Waals surface area (Å²) in [5.74, 6) is 0.710. The highest BCUT2D eigenvalue weighted by Crippen LogP contribution is 2.24. The number of rotatable bonds is 6. The summed E-state index contributed by atoms with van der Waals surface area (Å²) >= 11 is 0. The third kappa shape index (κ3) is 6.06. The third-order valence-electron chi connectivity index (χ3n) is 6.70. The van der Waals surface area contributed by atoms with Gasteiger partial charge in [-0.05, 0) is 50.6 Å². The smallest absolute Gasteiger partial charge is 0.226 e. The number of carbonyl (C=O) groups excluding carboxylic acids is 1. The fourth-order valence-corrected chi connectivity index (χ4v) is 5.88. The van der Waals surface area contributed by atoms with Gasteiger partial charge in [0, 0.05) is 43.8 Å².